The summed E-state index contributed by atoms with van der Waals surface area (Å²) in [5.74, 6) is 0.489. The lowest BCUT2D eigenvalue weighted by Crippen LogP contribution is -2.46. The average Bonchev–Trinajstić information content (AvgIpc) is 2.76. The van der Waals surface area contributed by atoms with Crippen molar-refractivity contribution in [2.45, 2.75) is 59.0 Å². The van der Waals surface area contributed by atoms with E-state index in [0.29, 0.717) is 12.5 Å². The number of morpholine rings is 1. The molecule has 1 aromatic carbocycles. The Morgan fingerprint density at radius 3 is 2.41 bits per heavy atom. The number of carbonyl (C=O) groups is 2. The fourth-order valence-electron chi connectivity index (χ4n) is 3.78. The van der Waals surface area contributed by atoms with Crippen molar-refractivity contribution in [2.75, 3.05) is 31.6 Å². The number of nitrogens with one attached hydrogen (secondary N) is 1. The molecule has 3 rings (SSSR count). The van der Waals surface area contributed by atoms with Crippen LogP contribution in [-0.4, -0.2) is 71.4 Å². The van der Waals surface area contributed by atoms with Gasteiger partial charge in [0.05, 0.1) is 12.2 Å². The van der Waals surface area contributed by atoms with E-state index in [1.807, 2.05) is 36.7 Å². The van der Waals surface area contributed by atoms with Gasteiger partial charge in [0.15, 0.2) is 0 Å². The first-order valence-electron chi connectivity index (χ1n) is 11.5. The van der Waals surface area contributed by atoms with Gasteiger partial charge in [0.1, 0.15) is 12.1 Å². The van der Waals surface area contributed by atoms with Crippen LogP contribution in [0, 0.1) is 0 Å². The van der Waals surface area contributed by atoms with Crippen molar-refractivity contribution in [3.8, 4) is 11.1 Å². The van der Waals surface area contributed by atoms with E-state index in [2.05, 4.69) is 34.0 Å². The molecule has 2 unspecified atom stereocenters. The number of likely N-dealkylation sites (N-methyl/N-ethyl adjacent to an activating group) is 1. The fourth-order valence-corrected chi connectivity index (χ4v) is 3.78. The summed E-state index contributed by atoms with van der Waals surface area (Å²) in [6.07, 6.45) is 3.32. The Morgan fingerprint density at radius 1 is 1.15 bits per heavy atom. The number of aromatic nitrogens is 2. The van der Waals surface area contributed by atoms with Gasteiger partial charge in [-0.2, -0.15) is 0 Å². The summed E-state index contributed by atoms with van der Waals surface area (Å²) in [5.41, 5.74) is 2.23. The van der Waals surface area contributed by atoms with Crippen LogP contribution in [0.3, 0.4) is 0 Å². The zero-order valence-corrected chi connectivity index (χ0v) is 20.9. The second-order valence-electron chi connectivity index (χ2n) is 9.74. The van der Waals surface area contributed by atoms with E-state index in [-0.39, 0.29) is 24.7 Å². The lowest BCUT2D eigenvalue weighted by atomic mass is 10.1. The number of nitrogens with zero attached hydrogens (tertiary/aromatic N) is 4. The predicted octanol–water partition coefficient (Wildman–Crippen LogP) is 3.24. The first-order chi connectivity index (χ1) is 16.0. The number of hydrogen-bond acceptors (Lipinski definition) is 7. The van der Waals surface area contributed by atoms with E-state index in [1.165, 1.54) is 0 Å². The van der Waals surface area contributed by atoms with Gasteiger partial charge < -0.3 is 24.6 Å². The molecule has 2 aromatic rings. The summed E-state index contributed by atoms with van der Waals surface area (Å²) >= 11 is 0. The molecule has 1 saturated heterocycles. The lowest BCUT2D eigenvalue weighted by Gasteiger charge is -2.35. The van der Waals surface area contributed by atoms with E-state index < -0.39 is 11.7 Å². The maximum absolute atomic E-state index is 12.4. The number of anilines is 1. The van der Waals surface area contributed by atoms with Gasteiger partial charge in [-0.05, 0) is 51.8 Å². The van der Waals surface area contributed by atoms with Crippen LogP contribution >= 0.6 is 0 Å². The highest BCUT2D eigenvalue weighted by molar-refractivity contribution is 5.82. The van der Waals surface area contributed by atoms with E-state index in [0.717, 1.165) is 29.8 Å². The van der Waals surface area contributed by atoms with Crippen LogP contribution in [0.5, 0.6) is 0 Å². The summed E-state index contributed by atoms with van der Waals surface area (Å²) in [6.45, 7) is 11.2. The van der Waals surface area contributed by atoms with E-state index in [4.69, 9.17) is 9.47 Å². The summed E-state index contributed by atoms with van der Waals surface area (Å²) in [4.78, 5) is 37.1. The summed E-state index contributed by atoms with van der Waals surface area (Å²) in [7, 11) is 1.70. The summed E-state index contributed by atoms with van der Waals surface area (Å²) in [5, 5.41) is 2.50. The minimum absolute atomic E-state index is 0.126. The van der Waals surface area contributed by atoms with Gasteiger partial charge >= 0.3 is 6.09 Å². The topological polar surface area (TPSA) is 96.9 Å². The molecule has 0 radical (unpaired) electrons. The van der Waals surface area contributed by atoms with E-state index in [9.17, 15) is 9.59 Å². The van der Waals surface area contributed by atoms with Crippen molar-refractivity contribution in [3.63, 3.8) is 0 Å². The fraction of sp³-hybridized carbons (Fsp3) is 0.520. The number of hydrogen-bond donors (Lipinski definition) is 1. The predicted molar refractivity (Wildman–Crippen MR) is 130 cm³/mol. The SMILES string of the molecule is CC1CN(c2ncc(-c3cccc(CN(C)C(=O)CNC(=O)OC(C)(C)C)c3)cn2)CC(C)O1. The van der Waals surface area contributed by atoms with Gasteiger partial charge in [-0.15, -0.1) is 0 Å². The normalized spacial score (nSPS) is 18.4. The van der Waals surface area contributed by atoms with Gasteiger partial charge in [-0.3, -0.25) is 4.79 Å². The van der Waals surface area contributed by atoms with Crippen LogP contribution in [0.2, 0.25) is 0 Å². The molecule has 2 heterocycles. The molecular formula is C25H35N5O4. The number of ether oxygens (including phenoxy) is 2. The highest BCUT2D eigenvalue weighted by Crippen LogP contribution is 2.22. The number of carbonyl (C=O) groups excluding carboxylic acids is 2. The quantitative estimate of drug-likeness (QED) is 0.694. The highest BCUT2D eigenvalue weighted by Gasteiger charge is 2.24. The molecule has 1 fully saturated rings. The van der Waals surface area contributed by atoms with Crippen LogP contribution in [0.25, 0.3) is 11.1 Å². The Morgan fingerprint density at radius 2 is 1.79 bits per heavy atom. The first-order valence-corrected chi connectivity index (χ1v) is 11.5. The molecule has 0 saturated carbocycles. The third-order valence-corrected chi connectivity index (χ3v) is 5.23. The Bertz CT molecular complexity index is 980. The Labute approximate surface area is 201 Å². The smallest absolute Gasteiger partial charge is 0.408 e. The third kappa shape index (κ3) is 7.41. The largest absolute Gasteiger partial charge is 0.444 e. The molecule has 0 spiro atoms. The average molecular weight is 470 g/mol. The summed E-state index contributed by atoms with van der Waals surface area (Å²) < 4.78 is 11.0. The van der Waals surface area contributed by atoms with Crippen LogP contribution in [-0.2, 0) is 20.8 Å². The molecule has 1 aromatic heterocycles. The molecule has 2 atom stereocenters. The second kappa shape index (κ2) is 10.8. The Hall–Kier alpha value is -3.20. The van der Waals surface area contributed by atoms with Crippen molar-refractivity contribution in [1.29, 1.82) is 0 Å². The highest BCUT2D eigenvalue weighted by atomic mass is 16.6. The maximum atomic E-state index is 12.4. The van der Waals surface area contributed by atoms with Crippen LogP contribution in [0.15, 0.2) is 36.7 Å². The Kier molecular flexibility index (Phi) is 8.09. The Balaban J connectivity index is 1.59. The van der Waals surface area contributed by atoms with Gasteiger partial charge in [-0.1, -0.05) is 18.2 Å². The molecular weight excluding hydrogens is 434 g/mol. The summed E-state index contributed by atoms with van der Waals surface area (Å²) in [6, 6.07) is 7.91. The maximum Gasteiger partial charge on any atom is 0.408 e. The molecule has 0 bridgehead atoms. The van der Waals surface area contributed by atoms with Crippen LogP contribution in [0.4, 0.5) is 10.7 Å². The minimum atomic E-state index is -0.611. The lowest BCUT2D eigenvalue weighted by molar-refractivity contribution is -0.129. The van der Waals surface area contributed by atoms with Crippen molar-refractivity contribution in [1.82, 2.24) is 20.2 Å². The van der Waals surface area contributed by atoms with Gasteiger partial charge in [-0.25, -0.2) is 14.8 Å². The minimum Gasteiger partial charge on any atom is -0.444 e. The van der Waals surface area contributed by atoms with Crippen molar-refractivity contribution >= 4 is 17.9 Å². The molecule has 9 heteroatoms. The van der Waals surface area contributed by atoms with Crippen molar-refractivity contribution in [2.24, 2.45) is 0 Å². The van der Waals surface area contributed by atoms with Gasteiger partial charge in [0, 0.05) is 44.6 Å². The standard InChI is InChI=1S/C25H35N5O4/c1-17-14-30(15-18(2)33-17)23-26-11-21(12-27-23)20-9-7-8-19(10-20)16-29(6)22(31)13-28-24(32)34-25(3,4)5/h7-12,17-18H,13-16H2,1-6H3,(H,28,32). The zero-order valence-electron chi connectivity index (χ0n) is 20.9. The number of benzene rings is 1. The second-order valence-corrected chi connectivity index (χ2v) is 9.74. The van der Waals surface area contributed by atoms with Gasteiger partial charge in [0.25, 0.3) is 0 Å². The van der Waals surface area contributed by atoms with Crippen LogP contribution < -0.4 is 10.2 Å². The van der Waals surface area contributed by atoms with Crippen molar-refractivity contribution < 1.29 is 19.1 Å². The molecule has 9 nitrogen and oxygen atoms in total. The molecule has 1 aliphatic heterocycles. The van der Waals surface area contributed by atoms with Gasteiger partial charge in [0.2, 0.25) is 11.9 Å². The van der Waals surface area contributed by atoms with E-state index >= 15 is 0 Å². The van der Waals surface area contributed by atoms with Crippen molar-refractivity contribution in [3.05, 3.63) is 42.2 Å². The molecule has 184 valence electrons. The number of rotatable bonds is 6. The van der Waals surface area contributed by atoms with Crippen LogP contribution in [0.1, 0.15) is 40.2 Å². The molecule has 34 heavy (non-hydrogen) atoms. The molecule has 1 N–H and O–H groups in total. The van der Waals surface area contributed by atoms with E-state index in [1.54, 1.807) is 32.7 Å². The zero-order chi connectivity index (χ0) is 24.9. The number of amides is 2. The number of alkyl carbamates (subject to hydrolysis) is 1. The molecule has 1 aliphatic rings. The molecule has 0 aliphatic carbocycles. The molecule has 2 amide bonds. The first kappa shape index (κ1) is 25.4. The monoisotopic (exact) mass is 469 g/mol. The third-order valence-electron chi connectivity index (χ3n) is 5.23.